The normalized spacial score (nSPS) is 14.7. The molecule has 1 aliphatic rings. The van der Waals surface area contributed by atoms with Crippen LogP contribution in [0.5, 0.6) is 0 Å². The smallest absolute Gasteiger partial charge is 0.238 e. The molecule has 0 aromatic heterocycles. The van der Waals surface area contributed by atoms with Gasteiger partial charge in [-0.3, -0.25) is 9.69 Å². The maximum Gasteiger partial charge on any atom is 0.238 e. The number of halogens is 2. The van der Waals surface area contributed by atoms with Gasteiger partial charge in [0.2, 0.25) is 5.91 Å². The first-order chi connectivity index (χ1) is 8.56. The molecule has 0 spiro atoms. The van der Waals surface area contributed by atoms with Crippen molar-refractivity contribution in [2.24, 2.45) is 0 Å². The molecule has 0 aliphatic carbocycles. The van der Waals surface area contributed by atoms with Crippen LogP contribution in [-0.4, -0.2) is 43.5 Å². The van der Waals surface area contributed by atoms with Crippen molar-refractivity contribution in [3.8, 4) is 0 Å². The third kappa shape index (κ3) is 4.45. The van der Waals surface area contributed by atoms with Crippen molar-refractivity contribution < 1.29 is 4.79 Å². The van der Waals surface area contributed by atoms with E-state index in [2.05, 4.69) is 31.5 Å². The second kappa shape index (κ2) is 7.24. The molecule has 19 heavy (non-hydrogen) atoms. The summed E-state index contributed by atoms with van der Waals surface area (Å²) in [5, 5.41) is 6.12. The first-order valence-corrected chi connectivity index (χ1v) is 6.82. The van der Waals surface area contributed by atoms with Crippen molar-refractivity contribution in [1.82, 2.24) is 10.2 Å². The lowest BCUT2D eigenvalue weighted by Crippen LogP contribution is -2.57. The van der Waals surface area contributed by atoms with Gasteiger partial charge in [-0.25, -0.2) is 0 Å². The molecule has 1 aromatic carbocycles. The van der Waals surface area contributed by atoms with E-state index >= 15 is 0 Å². The second-order valence-electron chi connectivity index (χ2n) is 4.76. The Morgan fingerprint density at radius 1 is 1.53 bits per heavy atom. The Labute approximate surface area is 128 Å². The highest BCUT2D eigenvalue weighted by atomic mass is 79.9. The minimum Gasteiger partial charge on any atom is -0.324 e. The van der Waals surface area contributed by atoms with E-state index in [0.29, 0.717) is 12.6 Å². The van der Waals surface area contributed by atoms with Crippen molar-refractivity contribution >= 4 is 39.9 Å². The molecule has 1 amide bonds. The number of nitrogens with one attached hydrogen (secondary N) is 2. The summed E-state index contributed by atoms with van der Waals surface area (Å²) in [5.74, 6) is 0.0222. The quantitative estimate of drug-likeness (QED) is 0.875. The van der Waals surface area contributed by atoms with Crippen LogP contribution in [0.25, 0.3) is 0 Å². The van der Waals surface area contributed by atoms with Gasteiger partial charge in [-0.15, -0.1) is 12.4 Å². The zero-order valence-corrected chi connectivity index (χ0v) is 13.5. The first kappa shape index (κ1) is 16.4. The van der Waals surface area contributed by atoms with E-state index in [1.54, 1.807) is 0 Å². The fourth-order valence-corrected chi connectivity index (χ4v) is 2.44. The van der Waals surface area contributed by atoms with E-state index in [1.807, 2.05) is 32.2 Å². The Hall–Kier alpha value is -0.620. The summed E-state index contributed by atoms with van der Waals surface area (Å²) in [4.78, 5) is 14.0. The van der Waals surface area contributed by atoms with E-state index in [1.165, 1.54) is 0 Å². The largest absolute Gasteiger partial charge is 0.324 e. The number of likely N-dealkylation sites (N-methyl/N-ethyl adjacent to an activating group) is 1. The van der Waals surface area contributed by atoms with Crippen LogP contribution in [0.1, 0.15) is 5.56 Å². The monoisotopic (exact) mass is 347 g/mol. The molecule has 0 bridgehead atoms. The van der Waals surface area contributed by atoms with E-state index in [0.717, 1.165) is 28.8 Å². The third-order valence-corrected chi connectivity index (χ3v) is 3.83. The summed E-state index contributed by atoms with van der Waals surface area (Å²) < 4.78 is 0.920. The number of rotatable bonds is 4. The summed E-state index contributed by atoms with van der Waals surface area (Å²) in [7, 11) is 1.98. The molecule has 1 aliphatic heterocycles. The van der Waals surface area contributed by atoms with Crippen molar-refractivity contribution in [2.75, 3.05) is 32.0 Å². The fraction of sp³-hybridized carbons (Fsp3) is 0.462. The van der Waals surface area contributed by atoms with E-state index in [9.17, 15) is 4.79 Å². The minimum atomic E-state index is 0. The molecule has 0 radical (unpaired) electrons. The molecule has 1 fully saturated rings. The van der Waals surface area contributed by atoms with Gasteiger partial charge in [-0.05, 0) is 47.6 Å². The van der Waals surface area contributed by atoms with Crippen LogP contribution in [0.15, 0.2) is 22.7 Å². The lowest BCUT2D eigenvalue weighted by atomic mass is 10.1. The number of benzene rings is 1. The summed E-state index contributed by atoms with van der Waals surface area (Å²) in [6.45, 7) is 4.39. The number of amides is 1. The van der Waals surface area contributed by atoms with Gasteiger partial charge in [0, 0.05) is 23.6 Å². The zero-order chi connectivity index (χ0) is 13.1. The summed E-state index contributed by atoms with van der Waals surface area (Å²) >= 11 is 3.46. The van der Waals surface area contributed by atoms with Crippen LogP contribution in [0.2, 0.25) is 0 Å². The molecule has 0 saturated carbocycles. The second-order valence-corrected chi connectivity index (χ2v) is 5.61. The molecule has 106 valence electrons. The number of hydrogen-bond acceptors (Lipinski definition) is 3. The molecule has 2 N–H and O–H groups in total. The van der Waals surface area contributed by atoms with E-state index in [-0.39, 0.29) is 18.3 Å². The highest BCUT2D eigenvalue weighted by molar-refractivity contribution is 9.10. The van der Waals surface area contributed by atoms with Crippen molar-refractivity contribution in [3.05, 3.63) is 28.2 Å². The van der Waals surface area contributed by atoms with E-state index in [4.69, 9.17) is 0 Å². The van der Waals surface area contributed by atoms with Crippen LogP contribution in [0, 0.1) is 6.92 Å². The Bertz CT molecular complexity index is 452. The lowest BCUT2D eigenvalue weighted by Gasteiger charge is -2.35. The molecule has 1 aromatic rings. The average molecular weight is 349 g/mol. The maximum absolute atomic E-state index is 11.9. The number of nitrogens with zero attached hydrogens (tertiary/aromatic N) is 1. The van der Waals surface area contributed by atoms with Gasteiger partial charge in [0.1, 0.15) is 0 Å². The van der Waals surface area contributed by atoms with Crippen LogP contribution in [0.3, 0.4) is 0 Å². The topological polar surface area (TPSA) is 44.4 Å². The fourth-order valence-electron chi connectivity index (χ4n) is 1.85. The van der Waals surface area contributed by atoms with Crippen LogP contribution in [0.4, 0.5) is 5.69 Å². The van der Waals surface area contributed by atoms with Gasteiger partial charge in [-0.2, -0.15) is 0 Å². The number of carbonyl (C=O) groups is 1. The Morgan fingerprint density at radius 3 is 2.74 bits per heavy atom. The summed E-state index contributed by atoms with van der Waals surface area (Å²) in [6, 6.07) is 6.38. The predicted molar refractivity (Wildman–Crippen MR) is 84.0 cm³/mol. The summed E-state index contributed by atoms with van der Waals surface area (Å²) in [6.07, 6.45) is 0. The molecule has 4 nitrogen and oxygen atoms in total. The average Bonchev–Trinajstić information content (AvgIpc) is 2.19. The molecule has 2 rings (SSSR count). The number of anilines is 1. The van der Waals surface area contributed by atoms with Gasteiger partial charge in [0.25, 0.3) is 0 Å². The molecule has 1 saturated heterocycles. The van der Waals surface area contributed by atoms with Crippen molar-refractivity contribution in [3.63, 3.8) is 0 Å². The molecule has 0 atom stereocenters. The SMILES string of the molecule is Cc1ccc(NC(=O)CN(C)C2CNC2)c(Br)c1.Cl. The lowest BCUT2D eigenvalue weighted by molar-refractivity contribution is -0.117. The molecule has 0 unspecified atom stereocenters. The molecular weight excluding hydrogens is 330 g/mol. The highest BCUT2D eigenvalue weighted by Gasteiger charge is 2.22. The number of hydrogen-bond donors (Lipinski definition) is 2. The minimum absolute atomic E-state index is 0. The van der Waals surface area contributed by atoms with E-state index < -0.39 is 0 Å². The Morgan fingerprint density at radius 2 is 2.21 bits per heavy atom. The van der Waals surface area contributed by atoms with Gasteiger partial charge in [0.05, 0.1) is 12.2 Å². The van der Waals surface area contributed by atoms with Crippen molar-refractivity contribution in [2.45, 2.75) is 13.0 Å². The number of aryl methyl sites for hydroxylation is 1. The highest BCUT2D eigenvalue weighted by Crippen LogP contribution is 2.23. The number of carbonyl (C=O) groups excluding carboxylic acids is 1. The first-order valence-electron chi connectivity index (χ1n) is 6.03. The van der Waals surface area contributed by atoms with Gasteiger partial charge in [-0.1, -0.05) is 6.07 Å². The molecular formula is C13H19BrClN3O. The summed E-state index contributed by atoms with van der Waals surface area (Å²) in [5.41, 5.74) is 1.99. The zero-order valence-electron chi connectivity index (χ0n) is 11.1. The molecule has 6 heteroatoms. The van der Waals surface area contributed by atoms with Crippen LogP contribution >= 0.6 is 28.3 Å². The van der Waals surface area contributed by atoms with Crippen LogP contribution < -0.4 is 10.6 Å². The Kier molecular flexibility index (Phi) is 6.26. The van der Waals surface area contributed by atoms with Crippen molar-refractivity contribution in [1.29, 1.82) is 0 Å². The maximum atomic E-state index is 11.9. The standard InChI is InChI=1S/C13H18BrN3O.ClH/c1-9-3-4-12(11(14)5-9)16-13(18)8-17(2)10-6-15-7-10;/h3-5,10,15H,6-8H2,1-2H3,(H,16,18);1H. The molecule has 1 heterocycles. The van der Waals surface area contributed by atoms with Gasteiger partial charge in [0.15, 0.2) is 0 Å². The third-order valence-electron chi connectivity index (χ3n) is 3.17. The predicted octanol–water partition coefficient (Wildman–Crippen LogP) is 2.02. The van der Waals surface area contributed by atoms with Gasteiger partial charge < -0.3 is 10.6 Å². The Balaban J connectivity index is 0.00000180. The van der Waals surface area contributed by atoms with Gasteiger partial charge >= 0.3 is 0 Å². The van der Waals surface area contributed by atoms with Crippen LogP contribution in [-0.2, 0) is 4.79 Å².